The largest absolute Gasteiger partial charge is 0.446 e. The molecule has 0 saturated heterocycles. The molecule has 3 saturated carbocycles. The lowest BCUT2D eigenvalue weighted by Crippen LogP contribution is -2.51. The van der Waals surface area contributed by atoms with Crippen LogP contribution in [0.3, 0.4) is 0 Å². The number of fused-ring (bicyclic) bond motifs is 5. The molecule has 8 atom stereocenters. The van der Waals surface area contributed by atoms with Crippen molar-refractivity contribution in [3.63, 3.8) is 0 Å². The monoisotopic (exact) mass is 681 g/mol. The highest BCUT2D eigenvalue weighted by Crippen LogP contribution is 2.67. The van der Waals surface area contributed by atoms with Crippen LogP contribution in [0.2, 0.25) is 0 Å². The van der Waals surface area contributed by atoms with Gasteiger partial charge in [0.25, 0.3) is 0 Å². The number of alkyl carbamates (subject to hydrolysis) is 1. The minimum Gasteiger partial charge on any atom is -0.446 e. The molecule has 1 aromatic heterocycles. The van der Waals surface area contributed by atoms with Gasteiger partial charge in [0.15, 0.2) is 0 Å². The Morgan fingerprint density at radius 1 is 1.04 bits per heavy atom. The van der Waals surface area contributed by atoms with Crippen molar-refractivity contribution in [3.05, 3.63) is 48.3 Å². The Kier molecular flexibility index (Phi) is 13.2. The number of pyridine rings is 1. The van der Waals surface area contributed by atoms with Crippen molar-refractivity contribution in [1.82, 2.24) is 15.6 Å². The number of hydrogen-bond acceptors (Lipinski definition) is 6. The van der Waals surface area contributed by atoms with Crippen molar-refractivity contribution in [3.8, 4) is 0 Å². The van der Waals surface area contributed by atoms with E-state index < -0.39 is 0 Å². The number of rotatable bonds is 16. The quantitative estimate of drug-likeness (QED) is 0.103. The van der Waals surface area contributed by atoms with Crippen molar-refractivity contribution < 1.29 is 9.53 Å². The van der Waals surface area contributed by atoms with Crippen molar-refractivity contribution in [2.75, 3.05) is 18.8 Å². The SMILES string of the molecule is C=C(CCCSSc1ccccn1)NCCNC(=O)OC1CCC2(C)C(=CCC3C2CCC2(C)C(C(C)CCCC(C)C)CCC32)C1. The van der Waals surface area contributed by atoms with Crippen LogP contribution >= 0.6 is 21.6 Å². The van der Waals surface area contributed by atoms with Crippen molar-refractivity contribution in [2.45, 2.75) is 129 Å². The number of ether oxygens (including phenoxy) is 1. The summed E-state index contributed by atoms with van der Waals surface area (Å²) in [5.41, 5.74) is 3.41. The Bertz CT molecular complexity index is 1210. The average molecular weight is 682 g/mol. The highest BCUT2D eigenvalue weighted by atomic mass is 33.1. The fourth-order valence-electron chi connectivity index (χ4n) is 10.3. The van der Waals surface area contributed by atoms with E-state index in [4.69, 9.17) is 4.74 Å². The molecule has 1 amide bonds. The summed E-state index contributed by atoms with van der Waals surface area (Å²) in [6, 6.07) is 5.99. The number of aromatic nitrogens is 1. The Balaban J connectivity index is 1.01. The Hall–Kier alpha value is -1.60. The minimum absolute atomic E-state index is 0.00772. The molecule has 1 aromatic rings. The van der Waals surface area contributed by atoms with E-state index in [1.165, 1.54) is 51.4 Å². The van der Waals surface area contributed by atoms with Crippen LogP contribution in [-0.4, -0.2) is 36.0 Å². The maximum Gasteiger partial charge on any atom is 0.407 e. The molecule has 2 N–H and O–H groups in total. The van der Waals surface area contributed by atoms with E-state index in [0.717, 1.165) is 84.1 Å². The van der Waals surface area contributed by atoms with Crippen LogP contribution in [0.15, 0.2) is 53.3 Å². The van der Waals surface area contributed by atoms with E-state index in [1.807, 2.05) is 35.2 Å². The standard InChI is InChI=1S/C40H63N3O2S2/c1-28(2)11-9-12-29(3)34-17-18-35-33-16-15-31-27-32(19-21-39(31,5)36(33)20-22-40(34,35)6)45-38(44)43-25-24-41-30(4)13-10-26-46-47-37-14-7-8-23-42-37/h7-8,14-15,23,28-29,32-36,41H,4,9-13,16-22,24-27H2,1-3,5-6H3,(H,43,44). The summed E-state index contributed by atoms with van der Waals surface area (Å²) in [5.74, 6) is 6.14. The average Bonchev–Trinajstić information content (AvgIpc) is 3.41. The molecule has 5 nitrogen and oxygen atoms in total. The molecule has 0 spiro atoms. The first-order valence-electron chi connectivity index (χ1n) is 18.9. The van der Waals surface area contributed by atoms with E-state index in [0.29, 0.717) is 18.5 Å². The molecule has 5 rings (SSSR count). The third-order valence-electron chi connectivity index (χ3n) is 12.8. The number of carbonyl (C=O) groups is 1. The first-order chi connectivity index (χ1) is 22.6. The van der Waals surface area contributed by atoms with Crippen molar-refractivity contribution >= 4 is 27.7 Å². The van der Waals surface area contributed by atoms with Crippen LogP contribution in [0, 0.1) is 46.3 Å². The summed E-state index contributed by atoms with van der Waals surface area (Å²) >= 11 is 0. The number of allylic oxidation sites excluding steroid dienone is 2. The zero-order valence-electron chi connectivity index (χ0n) is 30.0. The van der Waals surface area contributed by atoms with Gasteiger partial charge >= 0.3 is 6.09 Å². The molecule has 4 aliphatic carbocycles. The lowest BCUT2D eigenvalue weighted by atomic mass is 9.47. The maximum absolute atomic E-state index is 12.7. The van der Waals surface area contributed by atoms with E-state index in [-0.39, 0.29) is 17.6 Å². The number of hydrogen-bond donors (Lipinski definition) is 2. The van der Waals surface area contributed by atoms with Gasteiger partial charge in [-0.3, -0.25) is 0 Å². The molecule has 47 heavy (non-hydrogen) atoms. The summed E-state index contributed by atoms with van der Waals surface area (Å²) in [7, 11) is 3.54. The smallest absolute Gasteiger partial charge is 0.407 e. The zero-order chi connectivity index (χ0) is 33.4. The normalized spacial score (nSPS) is 32.0. The van der Waals surface area contributed by atoms with Gasteiger partial charge in [-0.15, -0.1) is 0 Å². The number of nitrogens with one attached hydrogen (secondary N) is 2. The predicted octanol–water partition coefficient (Wildman–Crippen LogP) is 10.8. The second kappa shape index (κ2) is 16.9. The first kappa shape index (κ1) is 36.7. The van der Waals surface area contributed by atoms with E-state index >= 15 is 0 Å². The van der Waals surface area contributed by atoms with Gasteiger partial charge in [0, 0.05) is 37.2 Å². The molecule has 0 radical (unpaired) electrons. The molecule has 0 bridgehead atoms. The summed E-state index contributed by atoms with van der Waals surface area (Å²) in [6.45, 7) is 17.9. The molecule has 0 aliphatic heterocycles. The molecule has 3 fully saturated rings. The third-order valence-corrected chi connectivity index (χ3v) is 15.1. The Morgan fingerprint density at radius 2 is 1.87 bits per heavy atom. The lowest BCUT2D eigenvalue weighted by Gasteiger charge is -2.58. The van der Waals surface area contributed by atoms with Gasteiger partial charge in [0.2, 0.25) is 0 Å². The fourth-order valence-corrected chi connectivity index (χ4v) is 12.2. The van der Waals surface area contributed by atoms with E-state index in [1.54, 1.807) is 16.4 Å². The van der Waals surface area contributed by atoms with Crippen LogP contribution in [0.25, 0.3) is 0 Å². The number of amides is 1. The molecule has 262 valence electrons. The lowest BCUT2D eigenvalue weighted by molar-refractivity contribution is -0.0581. The van der Waals surface area contributed by atoms with Gasteiger partial charge < -0.3 is 15.4 Å². The Labute approximate surface area is 294 Å². The minimum atomic E-state index is -0.281. The predicted molar refractivity (Wildman–Crippen MR) is 200 cm³/mol. The van der Waals surface area contributed by atoms with Crippen molar-refractivity contribution in [1.29, 1.82) is 0 Å². The summed E-state index contributed by atoms with van der Waals surface area (Å²) in [6.07, 6.45) is 20.3. The first-order valence-corrected chi connectivity index (χ1v) is 21.2. The molecule has 1 heterocycles. The maximum atomic E-state index is 12.7. The van der Waals surface area contributed by atoms with Gasteiger partial charge in [-0.1, -0.05) is 89.0 Å². The van der Waals surface area contributed by atoms with Crippen LogP contribution in [0.1, 0.15) is 118 Å². The van der Waals surface area contributed by atoms with Crippen molar-refractivity contribution in [2.24, 2.45) is 46.3 Å². The van der Waals surface area contributed by atoms with Crippen LogP contribution in [0.4, 0.5) is 4.79 Å². The fraction of sp³-hybridized carbons (Fsp3) is 0.750. The molecule has 4 aliphatic rings. The second-order valence-electron chi connectivity index (χ2n) is 16.2. The molecule has 8 unspecified atom stereocenters. The Morgan fingerprint density at radius 3 is 2.66 bits per heavy atom. The molecular formula is C40H63N3O2S2. The van der Waals surface area contributed by atoms with Gasteiger partial charge in [0.05, 0.1) is 0 Å². The van der Waals surface area contributed by atoms with Crippen LogP contribution < -0.4 is 10.6 Å². The third kappa shape index (κ3) is 9.15. The summed E-state index contributed by atoms with van der Waals surface area (Å²) in [4.78, 5) is 17.1. The topological polar surface area (TPSA) is 63.2 Å². The van der Waals surface area contributed by atoms with Gasteiger partial charge in [-0.05, 0) is 127 Å². The van der Waals surface area contributed by atoms with Crippen LogP contribution in [-0.2, 0) is 4.74 Å². The van der Waals surface area contributed by atoms with Gasteiger partial charge in [-0.2, -0.15) is 0 Å². The van der Waals surface area contributed by atoms with E-state index in [9.17, 15) is 4.79 Å². The van der Waals surface area contributed by atoms with Gasteiger partial charge in [-0.25, -0.2) is 9.78 Å². The number of nitrogens with zero attached hydrogens (tertiary/aromatic N) is 1. The molecular weight excluding hydrogens is 619 g/mol. The number of carbonyl (C=O) groups excluding carboxylic acids is 1. The molecule has 0 aromatic carbocycles. The second-order valence-corrected chi connectivity index (χ2v) is 18.6. The van der Waals surface area contributed by atoms with E-state index in [2.05, 4.69) is 62.9 Å². The van der Waals surface area contributed by atoms with Gasteiger partial charge in [0.1, 0.15) is 11.1 Å². The molecule has 7 heteroatoms. The zero-order valence-corrected chi connectivity index (χ0v) is 31.7. The summed E-state index contributed by atoms with van der Waals surface area (Å²) in [5, 5.41) is 7.37. The highest BCUT2D eigenvalue weighted by Gasteiger charge is 2.59. The van der Waals surface area contributed by atoms with Crippen LogP contribution in [0.5, 0.6) is 0 Å². The highest BCUT2D eigenvalue weighted by molar-refractivity contribution is 8.76. The summed E-state index contributed by atoms with van der Waals surface area (Å²) < 4.78 is 5.98.